The maximum atomic E-state index is 8.50. The van der Waals surface area contributed by atoms with Gasteiger partial charge in [0.2, 0.25) is 0 Å². The maximum Gasteiger partial charge on any atom is 0.0697 e. The second-order valence-electron chi connectivity index (χ2n) is 3.22. The van der Waals surface area contributed by atoms with Crippen molar-refractivity contribution in [2.45, 2.75) is 39.5 Å². The first-order chi connectivity index (χ1) is 5.85. The summed E-state index contributed by atoms with van der Waals surface area (Å²) in [5.41, 5.74) is 0. The molecule has 0 saturated carbocycles. The molecule has 0 aromatic carbocycles. The van der Waals surface area contributed by atoms with Gasteiger partial charge in [-0.25, -0.2) is 0 Å². The van der Waals surface area contributed by atoms with Gasteiger partial charge in [-0.15, -0.1) is 0 Å². The standard InChI is InChI=1S/C10H22O2/c1-3-5-6-10(4-2)9-12-8-7-11/h10-11H,3-9H2,1-2H3/t10-/m0/s1. The van der Waals surface area contributed by atoms with Crippen LogP contribution in [0.4, 0.5) is 0 Å². The van der Waals surface area contributed by atoms with E-state index < -0.39 is 0 Å². The second kappa shape index (κ2) is 9.01. The van der Waals surface area contributed by atoms with Crippen molar-refractivity contribution >= 4 is 0 Å². The van der Waals surface area contributed by atoms with Gasteiger partial charge in [-0.05, 0) is 12.3 Å². The van der Waals surface area contributed by atoms with Crippen molar-refractivity contribution in [3.63, 3.8) is 0 Å². The minimum absolute atomic E-state index is 0.143. The molecule has 0 heterocycles. The number of hydrogen-bond acceptors (Lipinski definition) is 2. The highest BCUT2D eigenvalue weighted by atomic mass is 16.5. The molecule has 12 heavy (non-hydrogen) atoms. The molecular formula is C10H22O2. The highest BCUT2D eigenvalue weighted by Gasteiger charge is 2.04. The van der Waals surface area contributed by atoms with E-state index in [0.717, 1.165) is 6.61 Å². The van der Waals surface area contributed by atoms with E-state index in [1.165, 1.54) is 25.7 Å². The molecule has 0 saturated heterocycles. The summed E-state index contributed by atoms with van der Waals surface area (Å²) in [6, 6.07) is 0. The number of ether oxygens (including phenoxy) is 1. The molecule has 0 bridgehead atoms. The van der Waals surface area contributed by atoms with Crippen LogP contribution < -0.4 is 0 Å². The summed E-state index contributed by atoms with van der Waals surface area (Å²) in [5.74, 6) is 0.691. The van der Waals surface area contributed by atoms with Gasteiger partial charge in [-0.2, -0.15) is 0 Å². The van der Waals surface area contributed by atoms with Gasteiger partial charge in [0, 0.05) is 6.61 Å². The lowest BCUT2D eigenvalue weighted by atomic mass is 10.0. The molecule has 0 radical (unpaired) electrons. The SMILES string of the molecule is CCCC[C@H](CC)COCCO. The number of hydrogen-bond donors (Lipinski definition) is 1. The first-order valence-corrected chi connectivity index (χ1v) is 5.03. The Morgan fingerprint density at radius 3 is 2.58 bits per heavy atom. The maximum absolute atomic E-state index is 8.50. The zero-order chi connectivity index (χ0) is 9.23. The molecule has 0 fully saturated rings. The fourth-order valence-electron chi connectivity index (χ4n) is 1.21. The van der Waals surface area contributed by atoms with Crippen molar-refractivity contribution in [3.05, 3.63) is 0 Å². The molecule has 0 aromatic heterocycles. The molecule has 1 atom stereocenters. The van der Waals surface area contributed by atoms with Gasteiger partial charge < -0.3 is 9.84 Å². The Morgan fingerprint density at radius 1 is 1.33 bits per heavy atom. The Balaban J connectivity index is 3.26. The molecule has 0 unspecified atom stereocenters. The summed E-state index contributed by atoms with van der Waals surface area (Å²) >= 11 is 0. The molecule has 2 heteroatoms. The lowest BCUT2D eigenvalue weighted by Crippen LogP contribution is -2.10. The van der Waals surface area contributed by atoms with E-state index in [9.17, 15) is 0 Å². The van der Waals surface area contributed by atoms with Crippen molar-refractivity contribution in [1.82, 2.24) is 0 Å². The molecule has 0 aliphatic rings. The van der Waals surface area contributed by atoms with Crippen molar-refractivity contribution < 1.29 is 9.84 Å². The highest BCUT2D eigenvalue weighted by Crippen LogP contribution is 2.12. The van der Waals surface area contributed by atoms with Crippen LogP contribution in [0.5, 0.6) is 0 Å². The molecule has 0 aliphatic heterocycles. The molecular weight excluding hydrogens is 152 g/mol. The van der Waals surface area contributed by atoms with Gasteiger partial charge in [0.25, 0.3) is 0 Å². The number of rotatable bonds is 8. The van der Waals surface area contributed by atoms with Crippen LogP contribution in [0.3, 0.4) is 0 Å². The molecule has 0 spiro atoms. The summed E-state index contributed by atoms with van der Waals surface area (Å²) < 4.78 is 5.28. The van der Waals surface area contributed by atoms with Gasteiger partial charge in [0.05, 0.1) is 13.2 Å². The summed E-state index contributed by atoms with van der Waals surface area (Å²) in [4.78, 5) is 0. The largest absolute Gasteiger partial charge is 0.394 e. The number of aliphatic hydroxyl groups is 1. The normalized spacial score (nSPS) is 13.2. The Morgan fingerprint density at radius 2 is 2.08 bits per heavy atom. The zero-order valence-electron chi connectivity index (χ0n) is 8.38. The summed E-state index contributed by atoms with van der Waals surface area (Å²) in [6.07, 6.45) is 5.00. The van der Waals surface area contributed by atoms with Crippen LogP contribution in [0.25, 0.3) is 0 Å². The van der Waals surface area contributed by atoms with Crippen LogP contribution in [0.2, 0.25) is 0 Å². The monoisotopic (exact) mass is 174 g/mol. The minimum atomic E-state index is 0.143. The molecule has 0 rings (SSSR count). The highest BCUT2D eigenvalue weighted by molar-refractivity contribution is 4.55. The van der Waals surface area contributed by atoms with Gasteiger partial charge >= 0.3 is 0 Å². The summed E-state index contributed by atoms with van der Waals surface area (Å²) in [5, 5.41) is 8.50. The van der Waals surface area contributed by atoms with Crippen molar-refractivity contribution in [2.75, 3.05) is 19.8 Å². The fourth-order valence-corrected chi connectivity index (χ4v) is 1.21. The smallest absolute Gasteiger partial charge is 0.0697 e. The average Bonchev–Trinajstić information content (AvgIpc) is 2.11. The second-order valence-corrected chi connectivity index (χ2v) is 3.22. The number of unbranched alkanes of at least 4 members (excludes halogenated alkanes) is 1. The molecule has 0 amide bonds. The van der Waals surface area contributed by atoms with Crippen LogP contribution in [-0.2, 0) is 4.74 Å². The average molecular weight is 174 g/mol. The van der Waals surface area contributed by atoms with Crippen LogP contribution in [0.1, 0.15) is 39.5 Å². The van der Waals surface area contributed by atoms with E-state index in [1.54, 1.807) is 0 Å². The van der Waals surface area contributed by atoms with Crippen LogP contribution in [0.15, 0.2) is 0 Å². The Bertz CT molecular complexity index is 83.9. The van der Waals surface area contributed by atoms with Crippen molar-refractivity contribution in [3.8, 4) is 0 Å². The van der Waals surface area contributed by atoms with E-state index in [-0.39, 0.29) is 6.61 Å². The van der Waals surface area contributed by atoms with Crippen LogP contribution >= 0.6 is 0 Å². The summed E-state index contributed by atoms with van der Waals surface area (Å²) in [7, 11) is 0. The van der Waals surface area contributed by atoms with E-state index in [0.29, 0.717) is 12.5 Å². The lowest BCUT2D eigenvalue weighted by Gasteiger charge is -2.13. The van der Waals surface area contributed by atoms with E-state index in [4.69, 9.17) is 9.84 Å². The predicted octanol–water partition coefficient (Wildman–Crippen LogP) is 2.21. The first-order valence-electron chi connectivity index (χ1n) is 5.03. The van der Waals surface area contributed by atoms with Crippen LogP contribution in [-0.4, -0.2) is 24.9 Å². The van der Waals surface area contributed by atoms with Crippen molar-refractivity contribution in [1.29, 1.82) is 0 Å². The first kappa shape index (κ1) is 11.9. The summed E-state index contributed by atoms with van der Waals surface area (Å²) in [6.45, 7) is 5.85. The Hall–Kier alpha value is -0.0800. The zero-order valence-corrected chi connectivity index (χ0v) is 8.38. The molecule has 1 N–H and O–H groups in total. The Kier molecular flexibility index (Phi) is 8.95. The third kappa shape index (κ3) is 6.62. The molecule has 74 valence electrons. The van der Waals surface area contributed by atoms with E-state index in [2.05, 4.69) is 13.8 Å². The third-order valence-electron chi connectivity index (χ3n) is 2.13. The van der Waals surface area contributed by atoms with Gasteiger partial charge in [-0.1, -0.05) is 33.1 Å². The van der Waals surface area contributed by atoms with Crippen LogP contribution in [0, 0.1) is 5.92 Å². The van der Waals surface area contributed by atoms with Crippen molar-refractivity contribution in [2.24, 2.45) is 5.92 Å². The minimum Gasteiger partial charge on any atom is -0.394 e. The number of aliphatic hydroxyl groups excluding tert-OH is 1. The Labute approximate surface area is 75.9 Å². The quantitative estimate of drug-likeness (QED) is 0.572. The predicted molar refractivity (Wildman–Crippen MR) is 51.2 cm³/mol. The fraction of sp³-hybridized carbons (Fsp3) is 1.00. The van der Waals surface area contributed by atoms with Gasteiger partial charge in [0.15, 0.2) is 0 Å². The third-order valence-corrected chi connectivity index (χ3v) is 2.13. The molecule has 2 nitrogen and oxygen atoms in total. The molecule has 0 aromatic rings. The lowest BCUT2D eigenvalue weighted by molar-refractivity contribution is 0.0640. The van der Waals surface area contributed by atoms with Gasteiger partial charge in [0.1, 0.15) is 0 Å². The van der Waals surface area contributed by atoms with E-state index >= 15 is 0 Å². The van der Waals surface area contributed by atoms with Gasteiger partial charge in [-0.3, -0.25) is 0 Å². The topological polar surface area (TPSA) is 29.5 Å². The van der Waals surface area contributed by atoms with E-state index in [1.807, 2.05) is 0 Å². The molecule has 0 aliphatic carbocycles.